The van der Waals surface area contributed by atoms with Gasteiger partial charge in [-0.1, -0.05) is 24.3 Å². The van der Waals surface area contributed by atoms with Gasteiger partial charge in [-0.15, -0.1) is 0 Å². The zero-order valence-corrected chi connectivity index (χ0v) is 12.4. The Balaban J connectivity index is 2.07. The van der Waals surface area contributed by atoms with E-state index in [2.05, 4.69) is 25.1 Å². The van der Waals surface area contributed by atoms with Crippen LogP contribution in [-0.2, 0) is 4.74 Å². The van der Waals surface area contributed by atoms with Crippen LogP contribution in [0.5, 0.6) is 11.5 Å². The Hall–Kier alpha value is -2.42. The third kappa shape index (κ3) is 2.59. The summed E-state index contributed by atoms with van der Waals surface area (Å²) in [5, 5.41) is 0. The van der Waals surface area contributed by atoms with E-state index in [9.17, 15) is 0 Å². The largest absolute Gasteiger partial charge is 0.497 e. The van der Waals surface area contributed by atoms with Crippen molar-refractivity contribution >= 4 is 11.8 Å². The molecule has 1 aliphatic rings. The molecule has 3 heteroatoms. The van der Waals surface area contributed by atoms with E-state index >= 15 is 0 Å². The number of hydrogen-bond donors (Lipinski definition) is 0. The lowest BCUT2D eigenvalue weighted by molar-refractivity contribution is 0.186. The molecule has 0 bridgehead atoms. The van der Waals surface area contributed by atoms with Crippen LogP contribution in [0.1, 0.15) is 29.7 Å². The van der Waals surface area contributed by atoms with Gasteiger partial charge in [0.2, 0.25) is 0 Å². The second-order valence-electron chi connectivity index (χ2n) is 5.00. The zero-order chi connectivity index (χ0) is 14.8. The van der Waals surface area contributed by atoms with Crippen molar-refractivity contribution in [3.05, 3.63) is 59.2 Å². The molecule has 0 saturated heterocycles. The first-order valence-corrected chi connectivity index (χ1v) is 6.92. The Morgan fingerprint density at radius 3 is 2.29 bits per heavy atom. The summed E-state index contributed by atoms with van der Waals surface area (Å²) in [5.74, 6) is 2.33. The van der Waals surface area contributed by atoms with Gasteiger partial charge in [0, 0.05) is 11.6 Å². The molecule has 1 aliphatic heterocycles. The molecule has 2 aromatic carbocycles. The summed E-state index contributed by atoms with van der Waals surface area (Å²) in [4.78, 5) is 0. The normalized spacial score (nSPS) is 16.5. The van der Waals surface area contributed by atoms with Crippen LogP contribution in [0.15, 0.2) is 42.5 Å². The SMILES string of the molecule is COc1cc(OC)cc(C2=Cc3ccccc3C(C)O2)c1. The molecule has 2 aromatic rings. The highest BCUT2D eigenvalue weighted by Gasteiger charge is 2.20. The van der Waals surface area contributed by atoms with Crippen LogP contribution in [0, 0.1) is 0 Å². The van der Waals surface area contributed by atoms with Crippen molar-refractivity contribution in [3.8, 4) is 11.5 Å². The van der Waals surface area contributed by atoms with E-state index < -0.39 is 0 Å². The average molecular weight is 282 g/mol. The van der Waals surface area contributed by atoms with Gasteiger partial charge in [-0.05, 0) is 36.3 Å². The third-order valence-corrected chi connectivity index (χ3v) is 3.66. The van der Waals surface area contributed by atoms with Gasteiger partial charge in [0.05, 0.1) is 14.2 Å². The highest BCUT2D eigenvalue weighted by Crippen LogP contribution is 2.37. The summed E-state index contributed by atoms with van der Waals surface area (Å²) in [5.41, 5.74) is 3.34. The molecule has 1 atom stereocenters. The van der Waals surface area contributed by atoms with E-state index in [1.54, 1.807) is 14.2 Å². The molecule has 0 saturated carbocycles. The van der Waals surface area contributed by atoms with E-state index in [0.717, 1.165) is 22.8 Å². The van der Waals surface area contributed by atoms with Crippen molar-refractivity contribution in [2.24, 2.45) is 0 Å². The van der Waals surface area contributed by atoms with E-state index in [4.69, 9.17) is 14.2 Å². The van der Waals surface area contributed by atoms with Crippen LogP contribution in [-0.4, -0.2) is 14.2 Å². The molecule has 3 nitrogen and oxygen atoms in total. The van der Waals surface area contributed by atoms with Gasteiger partial charge in [-0.25, -0.2) is 0 Å². The Bertz CT molecular complexity index is 666. The lowest BCUT2D eigenvalue weighted by atomic mass is 9.98. The first-order chi connectivity index (χ1) is 10.2. The molecular weight excluding hydrogens is 264 g/mol. The zero-order valence-electron chi connectivity index (χ0n) is 12.4. The molecule has 0 amide bonds. The molecule has 108 valence electrons. The Morgan fingerprint density at radius 2 is 1.62 bits per heavy atom. The van der Waals surface area contributed by atoms with Crippen molar-refractivity contribution in [1.29, 1.82) is 0 Å². The van der Waals surface area contributed by atoms with Crippen molar-refractivity contribution < 1.29 is 14.2 Å². The molecule has 0 radical (unpaired) electrons. The predicted molar refractivity (Wildman–Crippen MR) is 83.4 cm³/mol. The molecule has 0 fully saturated rings. The van der Waals surface area contributed by atoms with Crippen LogP contribution in [0.4, 0.5) is 0 Å². The topological polar surface area (TPSA) is 27.7 Å². The van der Waals surface area contributed by atoms with Gasteiger partial charge >= 0.3 is 0 Å². The molecule has 0 aliphatic carbocycles. The minimum atomic E-state index is 0.0263. The fourth-order valence-electron chi connectivity index (χ4n) is 2.54. The van der Waals surface area contributed by atoms with Crippen LogP contribution in [0.25, 0.3) is 11.8 Å². The maximum absolute atomic E-state index is 6.05. The summed E-state index contributed by atoms with van der Waals surface area (Å²) in [6, 6.07) is 14.0. The smallest absolute Gasteiger partial charge is 0.128 e. The minimum absolute atomic E-state index is 0.0263. The van der Waals surface area contributed by atoms with Crippen molar-refractivity contribution in [1.82, 2.24) is 0 Å². The molecule has 1 unspecified atom stereocenters. The van der Waals surface area contributed by atoms with Crippen LogP contribution < -0.4 is 9.47 Å². The number of rotatable bonds is 3. The molecule has 3 rings (SSSR count). The van der Waals surface area contributed by atoms with Crippen LogP contribution in [0.3, 0.4) is 0 Å². The Kier molecular flexibility index (Phi) is 3.57. The number of ether oxygens (including phenoxy) is 3. The van der Waals surface area contributed by atoms with Gasteiger partial charge in [0.15, 0.2) is 0 Å². The summed E-state index contributed by atoms with van der Waals surface area (Å²) >= 11 is 0. The highest BCUT2D eigenvalue weighted by molar-refractivity contribution is 5.81. The van der Waals surface area contributed by atoms with Crippen molar-refractivity contribution in [3.63, 3.8) is 0 Å². The average Bonchev–Trinajstić information content (AvgIpc) is 2.54. The number of fused-ring (bicyclic) bond motifs is 1. The first kappa shape index (κ1) is 13.6. The second-order valence-corrected chi connectivity index (χ2v) is 5.00. The van der Waals surface area contributed by atoms with Crippen molar-refractivity contribution in [2.45, 2.75) is 13.0 Å². The standard InChI is InChI=1S/C18H18O3/c1-12-17-7-5-4-6-13(17)10-18(21-12)14-8-15(19-2)11-16(9-14)20-3/h4-12H,1-3H3. The van der Waals surface area contributed by atoms with E-state index in [1.165, 1.54) is 11.1 Å². The van der Waals surface area contributed by atoms with Gasteiger partial charge in [-0.2, -0.15) is 0 Å². The molecule has 0 spiro atoms. The summed E-state index contributed by atoms with van der Waals surface area (Å²) in [6.45, 7) is 2.06. The molecule has 0 N–H and O–H groups in total. The summed E-state index contributed by atoms with van der Waals surface area (Å²) < 4.78 is 16.7. The monoisotopic (exact) mass is 282 g/mol. The quantitative estimate of drug-likeness (QED) is 0.840. The highest BCUT2D eigenvalue weighted by atomic mass is 16.5. The third-order valence-electron chi connectivity index (χ3n) is 3.66. The number of hydrogen-bond acceptors (Lipinski definition) is 3. The van der Waals surface area contributed by atoms with Crippen LogP contribution in [0.2, 0.25) is 0 Å². The van der Waals surface area contributed by atoms with Gasteiger partial charge < -0.3 is 14.2 Å². The Morgan fingerprint density at radius 1 is 0.952 bits per heavy atom. The van der Waals surface area contributed by atoms with E-state index in [-0.39, 0.29) is 6.10 Å². The van der Waals surface area contributed by atoms with Gasteiger partial charge in [-0.3, -0.25) is 0 Å². The van der Waals surface area contributed by atoms with Crippen molar-refractivity contribution in [2.75, 3.05) is 14.2 Å². The van der Waals surface area contributed by atoms with E-state index in [0.29, 0.717) is 0 Å². The predicted octanol–water partition coefficient (Wildman–Crippen LogP) is 4.29. The second kappa shape index (κ2) is 5.52. The number of benzene rings is 2. The van der Waals surface area contributed by atoms with Gasteiger partial charge in [0.25, 0.3) is 0 Å². The first-order valence-electron chi connectivity index (χ1n) is 6.92. The Labute approximate surface area is 124 Å². The van der Waals surface area contributed by atoms with Crippen LogP contribution >= 0.6 is 0 Å². The maximum atomic E-state index is 6.05. The lowest BCUT2D eigenvalue weighted by Crippen LogP contribution is -2.07. The maximum Gasteiger partial charge on any atom is 0.128 e. The van der Waals surface area contributed by atoms with E-state index in [1.807, 2.05) is 30.3 Å². The summed E-state index contributed by atoms with van der Waals surface area (Å²) in [7, 11) is 3.29. The van der Waals surface area contributed by atoms with Gasteiger partial charge in [0.1, 0.15) is 23.4 Å². The fraction of sp³-hybridized carbons (Fsp3) is 0.222. The molecule has 21 heavy (non-hydrogen) atoms. The molecular formula is C18H18O3. The molecule has 1 heterocycles. The lowest BCUT2D eigenvalue weighted by Gasteiger charge is -2.25. The molecule has 0 aromatic heterocycles. The minimum Gasteiger partial charge on any atom is -0.497 e. The summed E-state index contributed by atoms with van der Waals surface area (Å²) in [6.07, 6.45) is 2.09. The number of methoxy groups -OCH3 is 2. The fourth-order valence-corrected chi connectivity index (χ4v) is 2.54.